The minimum absolute atomic E-state index is 0.510. The Morgan fingerprint density at radius 1 is 0.254 bits per heavy atom. The van der Waals surface area contributed by atoms with Crippen molar-refractivity contribution in [2.24, 2.45) is 0 Å². The SMILES string of the molecule is c1ccc(-c2cccc(-c3nc(-c4ccc(-c5nc6ccccc6c6c5-c5ccccc5C65c6ccccc6-c6ccccc65)cc4)nc(-c4cc(-c5ccccc5)cc(-c5ccccc5)c4)n3)c2)cc1. The fourth-order valence-corrected chi connectivity index (χ4v) is 11.4. The van der Waals surface area contributed by atoms with Crippen LogP contribution in [0.25, 0.3) is 112 Å². The zero-order valence-corrected chi connectivity index (χ0v) is 38.5. The molecular formula is C67H42N4. The summed E-state index contributed by atoms with van der Waals surface area (Å²) in [5, 5.41) is 1.17. The lowest BCUT2D eigenvalue weighted by Gasteiger charge is -2.31. The average molecular weight is 903 g/mol. The van der Waals surface area contributed by atoms with Gasteiger partial charge in [-0.15, -0.1) is 0 Å². The number of para-hydroxylation sites is 1. The molecule has 0 fully saturated rings. The Hall–Kier alpha value is -9.38. The lowest BCUT2D eigenvalue weighted by atomic mass is 9.69. The summed E-state index contributed by atoms with van der Waals surface area (Å²) in [7, 11) is 0. The fourth-order valence-electron chi connectivity index (χ4n) is 11.4. The lowest BCUT2D eigenvalue weighted by molar-refractivity contribution is 0.801. The molecule has 1 spiro atoms. The van der Waals surface area contributed by atoms with Gasteiger partial charge in [0.1, 0.15) is 0 Å². The van der Waals surface area contributed by atoms with Gasteiger partial charge in [-0.25, -0.2) is 19.9 Å². The van der Waals surface area contributed by atoms with Crippen molar-refractivity contribution in [1.82, 2.24) is 19.9 Å². The molecule has 2 heterocycles. The van der Waals surface area contributed by atoms with Crippen molar-refractivity contribution in [1.29, 1.82) is 0 Å². The summed E-state index contributed by atoms with van der Waals surface area (Å²) in [5.74, 6) is 1.79. The van der Waals surface area contributed by atoms with Crippen LogP contribution in [0, 0.1) is 0 Å². The predicted octanol–water partition coefficient (Wildman–Crippen LogP) is 16.4. The Morgan fingerprint density at radius 3 is 1.27 bits per heavy atom. The van der Waals surface area contributed by atoms with E-state index in [4.69, 9.17) is 19.9 Å². The molecule has 0 saturated carbocycles. The molecule has 0 unspecified atom stereocenters. The predicted molar refractivity (Wildman–Crippen MR) is 289 cm³/mol. The van der Waals surface area contributed by atoms with Crippen molar-refractivity contribution < 1.29 is 0 Å². The standard InChI is InChI=1S/C67H42N4/c1-4-19-43(20-5-1)48-25-18-26-49(39-48)65-69-64(70-66(71-65)52-41-50(44-21-6-2-7-22-44)40-51(42-52)45-23-8-3-9-24-45)47-37-35-46(36-38-47)63-61-55-29-12-16-33-59(55)67(62(61)56-30-13-17-34-60(56)68-63)57-31-14-10-27-53(57)54-28-11-15-32-58(54)67/h1-42H. The van der Waals surface area contributed by atoms with E-state index in [9.17, 15) is 0 Å². The van der Waals surface area contributed by atoms with Crippen LogP contribution in [0.3, 0.4) is 0 Å². The Morgan fingerprint density at radius 2 is 0.662 bits per heavy atom. The average Bonchev–Trinajstić information content (AvgIpc) is 3.94. The second-order valence-electron chi connectivity index (χ2n) is 18.5. The molecule has 0 aliphatic heterocycles. The van der Waals surface area contributed by atoms with Crippen molar-refractivity contribution in [3.8, 4) is 101 Å². The Labute approximate surface area is 412 Å². The first-order chi connectivity index (χ1) is 35.2. The maximum atomic E-state index is 5.55. The monoisotopic (exact) mass is 902 g/mol. The lowest BCUT2D eigenvalue weighted by Crippen LogP contribution is -2.26. The summed E-state index contributed by atoms with van der Waals surface area (Å²) in [5.41, 5.74) is 21.9. The summed E-state index contributed by atoms with van der Waals surface area (Å²) in [6.07, 6.45) is 0. The van der Waals surface area contributed by atoms with E-state index >= 15 is 0 Å². The zero-order chi connectivity index (χ0) is 46.9. The Balaban J connectivity index is 0.958. The normalized spacial score (nSPS) is 12.6. The van der Waals surface area contributed by atoms with Gasteiger partial charge in [0.05, 0.1) is 16.6 Å². The summed E-state index contributed by atoms with van der Waals surface area (Å²) >= 11 is 0. The van der Waals surface area contributed by atoms with Crippen molar-refractivity contribution >= 4 is 10.9 Å². The molecule has 2 aliphatic rings. The van der Waals surface area contributed by atoms with E-state index < -0.39 is 5.41 Å². The zero-order valence-electron chi connectivity index (χ0n) is 38.5. The van der Waals surface area contributed by atoms with Gasteiger partial charge in [0, 0.05) is 33.2 Å². The number of nitrogens with zero attached hydrogens (tertiary/aromatic N) is 4. The number of aromatic nitrogens is 4. The van der Waals surface area contributed by atoms with Crippen LogP contribution in [-0.2, 0) is 5.41 Å². The van der Waals surface area contributed by atoms with Crippen LogP contribution in [0.2, 0.25) is 0 Å². The largest absolute Gasteiger partial charge is 0.247 e. The second kappa shape index (κ2) is 16.4. The molecule has 0 N–H and O–H groups in total. The van der Waals surface area contributed by atoms with Crippen molar-refractivity contribution in [2.45, 2.75) is 5.41 Å². The number of rotatable bonds is 7. The van der Waals surface area contributed by atoms with Gasteiger partial charge in [-0.2, -0.15) is 0 Å². The first-order valence-electron chi connectivity index (χ1n) is 24.2. The number of pyridine rings is 1. The van der Waals surface area contributed by atoms with E-state index in [1.54, 1.807) is 0 Å². The quantitative estimate of drug-likeness (QED) is 0.160. The van der Waals surface area contributed by atoms with Gasteiger partial charge in [-0.3, -0.25) is 0 Å². The van der Waals surface area contributed by atoms with Crippen LogP contribution in [0.4, 0.5) is 0 Å². The van der Waals surface area contributed by atoms with Crippen molar-refractivity contribution in [3.63, 3.8) is 0 Å². The molecular weight excluding hydrogens is 861 g/mol. The van der Waals surface area contributed by atoms with Crippen LogP contribution < -0.4 is 0 Å². The third-order valence-corrected chi connectivity index (χ3v) is 14.5. The van der Waals surface area contributed by atoms with Crippen LogP contribution in [-0.4, -0.2) is 19.9 Å². The molecule has 71 heavy (non-hydrogen) atoms. The summed E-state index contributed by atoms with van der Waals surface area (Å²) < 4.78 is 0. The minimum Gasteiger partial charge on any atom is -0.247 e. The minimum atomic E-state index is -0.510. The van der Waals surface area contributed by atoms with Crippen LogP contribution >= 0.6 is 0 Å². The third-order valence-electron chi connectivity index (χ3n) is 14.5. The molecule has 2 aromatic heterocycles. The van der Waals surface area contributed by atoms with Gasteiger partial charge in [0.2, 0.25) is 0 Å². The molecule has 0 saturated heterocycles. The van der Waals surface area contributed by atoms with Crippen molar-refractivity contribution in [3.05, 3.63) is 277 Å². The number of hydrogen-bond donors (Lipinski definition) is 0. The Bertz CT molecular complexity index is 3930. The third kappa shape index (κ3) is 6.53. The molecule has 0 amide bonds. The molecule has 4 nitrogen and oxygen atoms in total. The molecule has 0 atom stereocenters. The molecule has 330 valence electrons. The van der Waals surface area contributed by atoms with Crippen LogP contribution in [0.15, 0.2) is 255 Å². The van der Waals surface area contributed by atoms with Gasteiger partial charge in [0.25, 0.3) is 0 Å². The van der Waals surface area contributed by atoms with E-state index in [2.05, 4.69) is 249 Å². The highest BCUT2D eigenvalue weighted by Gasteiger charge is 2.53. The number of hydrogen-bond acceptors (Lipinski definition) is 4. The highest BCUT2D eigenvalue weighted by atomic mass is 15.0. The topological polar surface area (TPSA) is 51.6 Å². The number of benzene rings is 10. The van der Waals surface area contributed by atoms with E-state index in [0.717, 1.165) is 66.8 Å². The molecule has 4 heteroatoms. The molecule has 10 aromatic carbocycles. The van der Waals surface area contributed by atoms with Gasteiger partial charge in [-0.1, -0.05) is 224 Å². The first-order valence-corrected chi connectivity index (χ1v) is 24.2. The van der Waals surface area contributed by atoms with E-state index in [0.29, 0.717) is 17.5 Å². The van der Waals surface area contributed by atoms with E-state index in [1.807, 2.05) is 6.07 Å². The number of fused-ring (bicyclic) bond motifs is 12. The maximum Gasteiger partial charge on any atom is 0.164 e. The smallest absolute Gasteiger partial charge is 0.164 e. The fraction of sp³-hybridized carbons (Fsp3) is 0.0149. The second-order valence-corrected chi connectivity index (χ2v) is 18.5. The van der Waals surface area contributed by atoms with Crippen molar-refractivity contribution in [2.75, 3.05) is 0 Å². The Kier molecular flexibility index (Phi) is 9.39. The van der Waals surface area contributed by atoms with Crippen LogP contribution in [0.1, 0.15) is 22.3 Å². The molecule has 14 rings (SSSR count). The van der Waals surface area contributed by atoms with Gasteiger partial charge in [0.15, 0.2) is 17.5 Å². The van der Waals surface area contributed by atoms with Gasteiger partial charge >= 0.3 is 0 Å². The highest BCUT2D eigenvalue weighted by molar-refractivity contribution is 6.06. The van der Waals surface area contributed by atoms with Gasteiger partial charge in [-0.05, 0) is 103 Å². The molecule has 2 aliphatic carbocycles. The maximum absolute atomic E-state index is 5.55. The summed E-state index contributed by atoms with van der Waals surface area (Å²) in [6.45, 7) is 0. The highest BCUT2D eigenvalue weighted by Crippen LogP contribution is 2.65. The van der Waals surface area contributed by atoms with Gasteiger partial charge < -0.3 is 0 Å². The van der Waals surface area contributed by atoms with E-state index in [-0.39, 0.29) is 0 Å². The molecule has 0 radical (unpaired) electrons. The summed E-state index contributed by atoms with van der Waals surface area (Å²) in [4.78, 5) is 21.5. The first kappa shape index (κ1) is 40.7. The summed E-state index contributed by atoms with van der Waals surface area (Å²) in [6, 6.07) is 90.9. The molecule has 0 bridgehead atoms. The van der Waals surface area contributed by atoms with E-state index in [1.165, 1.54) is 49.9 Å². The molecule has 12 aromatic rings. The van der Waals surface area contributed by atoms with Crippen LogP contribution in [0.5, 0.6) is 0 Å².